The SMILES string of the molecule is CC(NC(=O)c1ccc(F)cc1Cl)C(c1cccs1)N1CCCC1. The molecule has 1 aromatic carbocycles. The quantitative estimate of drug-likeness (QED) is 0.845. The molecule has 24 heavy (non-hydrogen) atoms. The molecule has 6 heteroatoms. The number of hydrogen-bond acceptors (Lipinski definition) is 3. The lowest BCUT2D eigenvalue weighted by molar-refractivity contribution is 0.0908. The van der Waals surface area contributed by atoms with E-state index >= 15 is 0 Å². The Labute approximate surface area is 150 Å². The van der Waals surface area contributed by atoms with Gasteiger partial charge in [-0.3, -0.25) is 9.69 Å². The first-order valence-corrected chi connectivity index (χ1v) is 9.35. The lowest BCUT2D eigenvalue weighted by Crippen LogP contribution is -2.43. The summed E-state index contributed by atoms with van der Waals surface area (Å²) in [5.74, 6) is -0.716. The third-order valence-electron chi connectivity index (χ3n) is 4.38. The van der Waals surface area contributed by atoms with Crippen molar-refractivity contribution in [1.82, 2.24) is 10.2 Å². The first-order chi connectivity index (χ1) is 11.6. The van der Waals surface area contributed by atoms with E-state index in [0.29, 0.717) is 5.56 Å². The van der Waals surface area contributed by atoms with Crippen molar-refractivity contribution in [2.24, 2.45) is 0 Å². The largest absolute Gasteiger partial charge is 0.348 e. The number of amides is 1. The van der Waals surface area contributed by atoms with Crippen molar-refractivity contribution in [1.29, 1.82) is 0 Å². The number of carbonyl (C=O) groups excluding carboxylic acids is 1. The van der Waals surface area contributed by atoms with Gasteiger partial charge in [-0.15, -0.1) is 11.3 Å². The number of nitrogens with zero attached hydrogens (tertiary/aromatic N) is 1. The van der Waals surface area contributed by atoms with E-state index in [4.69, 9.17) is 11.6 Å². The fraction of sp³-hybridized carbons (Fsp3) is 0.389. The van der Waals surface area contributed by atoms with E-state index in [0.717, 1.165) is 13.1 Å². The van der Waals surface area contributed by atoms with E-state index in [1.165, 1.54) is 35.9 Å². The molecular weight excluding hydrogens is 347 g/mol. The van der Waals surface area contributed by atoms with Crippen molar-refractivity contribution in [3.8, 4) is 0 Å². The number of thiophene rings is 1. The first-order valence-electron chi connectivity index (χ1n) is 8.09. The molecule has 0 spiro atoms. The van der Waals surface area contributed by atoms with Crippen LogP contribution in [-0.2, 0) is 0 Å². The summed E-state index contributed by atoms with van der Waals surface area (Å²) in [5.41, 5.74) is 0.302. The molecule has 1 aromatic heterocycles. The smallest absolute Gasteiger partial charge is 0.253 e. The number of likely N-dealkylation sites (tertiary alicyclic amines) is 1. The van der Waals surface area contributed by atoms with Crippen LogP contribution in [0.3, 0.4) is 0 Å². The second kappa shape index (κ2) is 7.64. The Bertz CT molecular complexity index is 701. The van der Waals surface area contributed by atoms with E-state index in [2.05, 4.69) is 21.7 Å². The van der Waals surface area contributed by atoms with Crippen LogP contribution in [0.5, 0.6) is 0 Å². The van der Waals surface area contributed by atoms with E-state index < -0.39 is 5.82 Å². The molecule has 128 valence electrons. The highest BCUT2D eigenvalue weighted by Crippen LogP contribution is 2.31. The van der Waals surface area contributed by atoms with Crippen LogP contribution in [0.4, 0.5) is 4.39 Å². The summed E-state index contributed by atoms with van der Waals surface area (Å²) in [6.07, 6.45) is 2.37. The summed E-state index contributed by atoms with van der Waals surface area (Å²) >= 11 is 7.71. The highest BCUT2D eigenvalue weighted by atomic mass is 35.5. The van der Waals surface area contributed by atoms with Crippen molar-refractivity contribution in [2.75, 3.05) is 13.1 Å². The Balaban J connectivity index is 1.77. The predicted molar refractivity (Wildman–Crippen MR) is 96.2 cm³/mol. The van der Waals surface area contributed by atoms with Crippen LogP contribution in [0.2, 0.25) is 5.02 Å². The van der Waals surface area contributed by atoms with Gasteiger partial charge in [-0.2, -0.15) is 0 Å². The first kappa shape index (κ1) is 17.4. The van der Waals surface area contributed by atoms with Crippen LogP contribution < -0.4 is 5.32 Å². The van der Waals surface area contributed by atoms with Crippen LogP contribution in [0.25, 0.3) is 0 Å². The fourth-order valence-electron chi connectivity index (χ4n) is 3.26. The Morgan fingerprint density at radius 1 is 1.33 bits per heavy atom. The lowest BCUT2D eigenvalue weighted by atomic mass is 10.1. The molecule has 0 aliphatic carbocycles. The molecule has 0 saturated carbocycles. The molecule has 2 unspecified atom stereocenters. The fourth-order valence-corrected chi connectivity index (χ4v) is 4.48. The number of nitrogens with one attached hydrogen (secondary N) is 1. The number of rotatable bonds is 5. The number of carbonyl (C=O) groups is 1. The molecule has 1 fully saturated rings. The zero-order valence-corrected chi connectivity index (χ0v) is 15.0. The van der Waals surface area contributed by atoms with Gasteiger partial charge in [-0.05, 0) is 62.5 Å². The molecular formula is C18H20ClFN2OS. The predicted octanol–water partition coefficient (Wildman–Crippen LogP) is 4.50. The average Bonchev–Trinajstić information content (AvgIpc) is 3.21. The molecule has 0 bridgehead atoms. The maximum atomic E-state index is 13.2. The summed E-state index contributed by atoms with van der Waals surface area (Å²) in [5, 5.41) is 5.23. The number of hydrogen-bond donors (Lipinski definition) is 1. The lowest BCUT2D eigenvalue weighted by Gasteiger charge is -2.32. The molecule has 1 saturated heterocycles. The van der Waals surface area contributed by atoms with Crippen molar-refractivity contribution in [3.05, 3.63) is 57.0 Å². The van der Waals surface area contributed by atoms with E-state index in [9.17, 15) is 9.18 Å². The van der Waals surface area contributed by atoms with Crippen LogP contribution in [0.15, 0.2) is 35.7 Å². The Kier molecular flexibility index (Phi) is 5.54. The van der Waals surface area contributed by atoms with E-state index in [-0.39, 0.29) is 23.0 Å². The molecule has 0 radical (unpaired) electrons. The van der Waals surface area contributed by atoms with Crippen LogP contribution in [0.1, 0.15) is 41.0 Å². The van der Waals surface area contributed by atoms with Gasteiger partial charge in [-0.1, -0.05) is 17.7 Å². The van der Waals surface area contributed by atoms with Gasteiger partial charge >= 0.3 is 0 Å². The van der Waals surface area contributed by atoms with Crippen LogP contribution in [0, 0.1) is 5.82 Å². The Morgan fingerprint density at radius 3 is 2.71 bits per heavy atom. The molecule has 1 amide bonds. The molecule has 3 rings (SSSR count). The zero-order valence-electron chi connectivity index (χ0n) is 13.5. The summed E-state index contributed by atoms with van der Waals surface area (Å²) in [7, 11) is 0. The average molecular weight is 367 g/mol. The van der Waals surface area contributed by atoms with Gasteiger partial charge in [0.1, 0.15) is 5.82 Å². The molecule has 2 atom stereocenters. The maximum absolute atomic E-state index is 13.2. The van der Waals surface area contributed by atoms with E-state index in [1.54, 1.807) is 11.3 Å². The van der Waals surface area contributed by atoms with Crippen LogP contribution in [-0.4, -0.2) is 29.9 Å². The highest BCUT2D eigenvalue weighted by molar-refractivity contribution is 7.10. The summed E-state index contributed by atoms with van der Waals surface area (Å²) in [4.78, 5) is 16.2. The van der Waals surface area contributed by atoms with Crippen molar-refractivity contribution in [2.45, 2.75) is 31.8 Å². The summed E-state index contributed by atoms with van der Waals surface area (Å²) in [6, 6.07) is 8.07. The molecule has 1 aliphatic rings. The maximum Gasteiger partial charge on any atom is 0.253 e. The molecule has 2 aromatic rings. The van der Waals surface area contributed by atoms with Gasteiger partial charge in [0, 0.05) is 10.9 Å². The highest BCUT2D eigenvalue weighted by Gasteiger charge is 2.30. The van der Waals surface area contributed by atoms with E-state index in [1.807, 2.05) is 13.0 Å². The molecule has 3 nitrogen and oxygen atoms in total. The molecule has 1 aliphatic heterocycles. The second-order valence-electron chi connectivity index (χ2n) is 6.09. The van der Waals surface area contributed by atoms with Crippen molar-refractivity contribution >= 4 is 28.8 Å². The molecule has 2 heterocycles. The summed E-state index contributed by atoms with van der Waals surface area (Å²) in [6.45, 7) is 4.10. The third-order valence-corrected chi connectivity index (χ3v) is 5.63. The summed E-state index contributed by atoms with van der Waals surface area (Å²) < 4.78 is 13.2. The standard InChI is InChI=1S/C18H20ClFN2OS/c1-12(21-18(23)14-7-6-13(20)11-15(14)19)17(16-5-4-10-24-16)22-8-2-3-9-22/h4-7,10-12,17H,2-3,8-9H2,1H3,(H,21,23). The third kappa shape index (κ3) is 3.79. The molecule has 1 N–H and O–H groups in total. The normalized spacial score (nSPS) is 17.6. The van der Waals surface area contributed by atoms with Gasteiger partial charge in [0.05, 0.1) is 16.6 Å². The minimum atomic E-state index is -0.446. The topological polar surface area (TPSA) is 32.3 Å². The van der Waals surface area contributed by atoms with Crippen molar-refractivity contribution < 1.29 is 9.18 Å². The Hall–Kier alpha value is -1.43. The van der Waals surface area contributed by atoms with Gasteiger partial charge in [0.15, 0.2) is 0 Å². The minimum absolute atomic E-state index is 0.0737. The van der Waals surface area contributed by atoms with Gasteiger partial charge < -0.3 is 5.32 Å². The Morgan fingerprint density at radius 2 is 2.08 bits per heavy atom. The van der Waals surface area contributed by atoms with Crippen molar-refractivity contribution in [3.63, 3.8) is 0 Å². The van der Waals surface area contributed by atoms with Gasteiger partial charge in [0.2, 0.25) is 0 Å². The number of benzene rings is 1. The zero-order chi connectivity index (χ0) is 17.1. The monoisotopic (exact) mass is 366 g/mol. The van der Waals surface area contributed by atoms with Crippen LogP contribution >= 0.6 is 22.9 Å². The minimum Gasteiger partial charge on any atom is -0.348 e. The second-order valence-corrected chi connectivity index (χ2v) is 7.48. The van der Waals surface area contributed by atoms with Gasteiger partial charge in [-0.25, -0.2) is 4.39 Å². The number of halogens is 2. The van der Waals surface area contributed by atoms with Gasteiger partial charge in [0.25, 0.3) is 5.91 Å².